The van der Waals surface area contributed by atoms with E-state index in [0.29, 0.717) is 5.02 Å². The van der Waals surface area contributed by atoms with Gasteiger partial charge in [0.25, 0.3) is 5.56 Å². The molecule has 0 saturated carbocycles. The summed E-state index contributed by atoms with van der Waals surface area (Å²) in [7, 11) is 0. The Morgan fingerprint density at radius 2 is 2.13 bits per heavy atom. The van der Waals surface area contributed by atoms with E-state index in [0.717, 1.165) is 11.4 Å². The third-order valence-electron chi connectivity index (χ3n) is 2.06. The maximum absolute atomic E-state index is 11.6. The summed E-state index contributed by atoms with van der Waals surface area (Å²) < 4.78 is 1.50. The molecule has 0 amide bonds. The number of nitrogens with zero attached hydrogens (tertiary/aromatic N) is 2. The van der Waals surface area contributed by atoms with E-state index in [2.05, 4.69) is 4.98 Å². The van der Waals surface area contributed by atoms with Crippen molar-refractivity contribution < 1.29 is 0 Å². The van der Waals surface area contributed by atoms with Gasteiger partial charge in [-0.05, 0) is 25.1 Å². The number of aryl methyl sites for hydroxylation is 1. The van der Waals surface area contributed by atoms with Crippen LogP contribution in [-0.4, -0.2) is 9.55 Å². The first-order valence-corrected chi connectivity index (χ1v) is 4.86. The molecule has 0 saturated heterocycles. The van der Waals surface area contributed by atoms with Crippen molar-refractivity contribution in [1.82, 2.24) is 9.55 Å². The second-order valence-corrected chi connectivity index (χ2v) is 3.65. The SMILES string of the molecule is Cc1ccc(-n2ccc(Cl)cc2=O)cn1. The third-order valence-corrected chi connectivity index (χ3v) is 2.29. The molecular weight excluding hydrogens is 212 g/mol. The lowest BCUT2D eigenvalue weighted by molar-refractivity contribution is 0.972. The fourth-order valence-electron chi connectivity index (χ4n) is 1.27. The van der Waals surface area contributed by atoms with Crippen LogP contribution in [-0.2, 0) is 0 Å². The molecule has 2 rings (SSSR count). The summed E-state index contributed by atoms with van der Waals surface area (Å²) in [6, 6.07) is 6.75. The Morgan fingerprint density at radius 1 is 1.33 bits per heavy atom. The summed E-state index contributed by atoms with van der Waals surface area (Å²) in [5.74, 6) is 0. The molecule has 0 unspecified atom stereocenters. The van der Waals surface area contributed by atoms with Gasteiger partial charge in [0.1, 0.15) is 0 Å². The predicted octanol–water partition coefficient (Wildman–Crippen LogP) is 2.19. The lowest BCUT2D eigenvalue weighted by atomic mass is 10.3. The maximum Gasteiger partial charge on any atom is 0.256 e. The van der Waals surface area contributed by atoms with Gasteiger partial charge in [-0.1, -0.05) is 11.6 Å². The Bertz CT molecular complexity index is 531. The molecule has 0 aliphatic heterocycles. The normalized spacial score (nSPS) is 10.3. The van der Waals surface area contributed by atoms with Gasteiger partial charge in [-0.3, -0.25) is 14.3 Å². The van der Waals surface area contributed by atoms with Gasteiger partial charge >= 0.3 is 0 Å². The van der Waals surface area contributed by atoms with Gasteiger partial charge in [-0.2, -0.15) is 0 Å². The molecule has 0 aliphatic carbocycles. The first kappa shape index (κ1) is 9.93. The summed E-state index contributed by atoms with van der Waals surface area (Å²) in [6.07, 6.45) is 3.29. The van der Waals surface area contributed by atoms with Gasteiger partial charge < -0.3 is 0 Å². The lowest BCUT2D eigenvalue weighted by Gasteiger charge is -2.04. The van der Waals surface area contributed by atoms with Crippen LogP contribution in [0, 0.1) is 6.92 Å². The van der Waals surface area contributed by atoms with Gasteiger partial charge in [0.15, 0.2) is 0 Å². The van der Waals surface area contributed by atoms with Crippen molar-refractivity contribution in [3.05, 3.63) is 57.7 Å². The average Bonchev–Trinajstić information content (AvgIpc) is 2.20. The molecule has 0 atom stereocenters. The highest BCUT2D eigenvalue weighted by atomic mass is 35.5. The first-order chi connectivity index (χ1) is 7.16. The van der Waals surface area contributed by atoms with E-state index in [-0.39, 0.29) is 5.56 Å². The summed E-state index contributed by atoms with van der Waals surface area (Å²) in [5.41, 5.74) is 1.50. The predicted molar refractivity (Wildman–Crippen MR) is 59.6 cm³/mol. The Morgan fingerprint density at radius 3 is 2.73 bits per heavy atom. The van der Waals surface area contributed by atoms with Crippen LogP contribution >= 0.6 is 11.6 Å². The minimum atomic E-state index is -0.159. The number of aromatic nitrogens is 2. The second-order valence-electron chi connectivity index (χ2n) is 3.21. The van der Waals surface area contributed by atoms with Crippen molar-refractivity contribution in [2.24, 2.45) is 0 Å². The lowest BCUT2D eigenvalue weighted by Crippen LogP contribution is -2.16. The molecule has 76 valence electrons. The average molecular weight is 221 g/mol. The summed E-state index contributed by atoms with van der Waals surface area (Å²) in [5, 5.41) is 0.441. The van der Waals surface area contributed by atoms with E-state index < -0.39 is 0 Å². The molecule has 0 radical (unpaired) electrons. The van der Waals surface area contributed by atoms with E-state index >= 15 is 0 Å². The Hall–Kier alpha value is -1.61. The molecule has 0 spiro atoms. The van der Waals surface area contributed by atoms with Crippen LogP contribution in [0.1, 0.15) is 5.69 Å². The molecule has 0 aliphatic rings. The zero-order valence-electron chi connectivity index (χ0n) is 8.14. The molecular formula is C11H9ClN2O. The van der Waals surface area contributed by atoms with Crippen LogP contribution in [0.2, 0.25) is 5.02 Å². The number of halogens is 1. The van der Waals surface area contributed by atoms with Crippen molar-refractivity contribution in [2.45, 2.75) is 6.92 Å². The molecule has 3 nitrogen and oxygen atoms in total. The van der Waals surface area contributed by atoms with Crippen molar-refractivity contribution in [2.75, 3.05) is 0 Å². The van der Waals surface area contributed by atoms with Gasteiger partial charge in [-0.25, -0.2) is 0 Å². The van der Waals surface area contributed by atoms with Crippen LogP contribution < -0.4 is 5.56 Å². The molecule has 2 heterocycles. The fraction of sp³-hybridized carbons (Fsp3) is 0.0909. The highest BCUT2D eigenvalue weighted by Crippen LogP contribution is 2.07. The summed E-state index contributed by atoms with van der Waals surface area (Å²) in [4.78, 5) is 15.7. The van der Waals surface area contributed by atoms with Gasteiger partial charge in [0.2, 0.25) is 0 Å². The van der Waals surface area contributed by atoms with Crippen molar-refractivity contribution in [3.8, 4) is 5.69 Å². The Kier molecular flexibility index (Phi) is 2.56. The summed E-state index contributed by atoms with van der Waals surface area (Å²) >= 11 is 5.70. The number of hydrogen-bond donors (Lipinski definition) is 0. The zero-order chi connectivity index (χ0) is 10.8. The summed E-state index contributed by atoms with van der Waals surface area (Å²) in [6.45, 7) is 1.90. The molecule has 0 fully saturated rings. The zero-order valence-corrected chi connectivity index (χ0v) is 8.90. The molecule has 4 heteroatoms. The van der Waals surface area contributed by atoms with Crippen LogP contribution in [0.25, 0.3) is 5.69 Å². The second kappa shape index (κ2) is 3.87. The molecule has 0 N–H and O–H groups in total. The van der Waals surface area contributed by atoms with Gasteiger partial charge in [-0.15, -0.1) is 0 Å². The van der Waals surface area contributed by atoms with Crippen LogP contribution in [0.15, 0.2) is 41.5 Å². The Balaban J connectivity index is 2.55. The number of pyridine rings is 2. The number of rotatable bonds is 1. The van der Waals surface area contributed by atoms with Crippen molar-refractivity contribution in [1.29, 1.82) is 0 Å². The van der Waals surface area contributed by atoms with E-state index in [9.17, 15) is 4.79 Å². The maximum atomic E-state index is 11.6. The van der Waals surface area contributed by atoms with Gasteiger partial charge in [0, 0.05) is 23.0 Å². The third kappa shape index (κ3) is 2.07. The molecule has 0 aromatic carbocycles. The highest BCUT2D eigenvalue weighted by molar-refractivity contribution is 6.30. The molecule has 0 bridgehead atoms. The molecule has 2 aromatic rings. The number of hydrogen-bond acceptors (Lipinski definition) is 2. The van der Waals surface area contributed by atoms with E-state index in [1.807, 2.05) is 19.1 Å². The van der Waals surface area contributed by atoms with E-state index in [4.69, 9.17) is 11.6 Å². The minimum Gasteiger partial charge on any atom is -0.283 e. The van der Waals surface area contributed by atoms with Crippen LogP contribution in [0.4, 0.5) is 0 Å². The highest BCUT2D eigenvalue weighted by Gasteiger charge is 1.99. The standard InChI is InChI=1S/C11H9ClN2O/c1-8-2-3-10(7-13-8)14-5-4-9(12)6-11(14)15/h2-7H,1H3. The smallest absolute Gasteiger partial charge is 0.256 e. The topological polar surface area (TPSA) is 34.9 Å². The van der Waals surface area contributed by atoms with Crippen LogP contribution in [0.3, 0.4) is 0 Å². The van der Waals surface area contributed by atoms with Gasteiger partial charge in [0.05, 0.1) is 11.9 Å². The van der Waals surface area contributed by atoms with E-state index in [1.54, 1.807) is 18.5 Å². The minimum absolute atomic E-state index is 0.159. The quantitative estimate of drug-likeness (QED) is 0.739. The monoisotopic (exact) mass is 220 g/mol. The van der Waals surface area contributed by atoms with Crippen LogP contribution in [0.5, 0.6) is 0 Å². The molecule has 15 heavy (non-hydrogen) atoms. The first-order valence-electron chi connectivity index (χ1n) is 4.48. The molecule has 2 aromatic heterocycles. The van der Waals surface area contributed by atoms with Crippen molar-refractivity contribution in [3.63, 3.8) is 0 Å². The Labute approximate surface area is 92.0 Å². The fourth-order valence-corrected chi connectivity index (χ4v) is 1.42. The van der Waals surface area contributed by atoms with Crippen molar-refractivity contribution >= 4 is 11.6 Å². The largest absolute Gasteiger partial charge is 0.283 e. The van der Waals surface area contributed by atoms with E-state index in [1.165, 1.54) is 10.6 Å².